The lowest BCUT2D eigenvalue weighted by molar-refractivity contribution is 0.277. The van der Waals surface area contributed by atoms with Gasteiger partial charge in [-0.25, -0.2) is 0 Å². The second-order valence-corrected chi connectivity index (χ2v) is 3.77. The average Bonchev–Trinajstić information content (AvgIpc) is 2.71. The number of aliphatic hydroxyl groups is 1. The molecule has 0 saturated carbocycles. The highest BCUT2D eigenvalue weighted by molar-refractivity contribution is 5.85. The van der Waals surface area contributed by atoms with Crippen LogP contribution in [0.15, 0.2) is 24.4 Å². The van der Waals surface area contributed by atoms with Crippen molar-refractivity contribution < 1.29 is 9.84 Å². The van der Waals surface area contributed by atoms with Gasteiger partial charge < -0.3 is 20.6 Å². The highest BCUT2D eigenvalue weighted by Crippen LogP contribution is 2.27. The third-order valence-corrected chi connectivity index (χ3v) is 2.76. The van der Waals surface area contributed by atoms with E-state index in [9.17, 15) is 0 Å². The first-order valence-corrected chi connectivity index (χ1v) is 5.27. The molecule has 4 N–H and O–H groups in total. The van der Waals surface area contributed by atoms with Crippen molar-refractivity contribution in [2.75, 3.05) is 13.7 Å². The Morgan fingerprint density at radius 1 is 1.47 bits per heavy atom. The fraction of sp³-hybridized carbons (Fsp3) is 0.333. The van der Waals surface area contributed by atoms with Crippen molar-refractivity contribution in [3.05, 3.63) is 30.0 Å². The predicted octanol–water partition coefficient (Wildman–Crippen LogP) is 1.98. The van der Waals surface area contributed by atoms with Gasteiger partial charge in [-0.3, -0.25) is 0 Å². The molecule has 0 spiro atoms. The summed E-state index contributed by atoms with van der Waals surface area (Å²) in [5, 5.41) is 9.95. The minimum atomic E-state index is -0.147. The van der Waals surface area contributed by atoms with E-state index in [0.29, 0.717) is 6.42 Å². The molecule has 0 radical (unpaired) electrons. The Bertz CT molecular complexity index is 484. The molecule has 0 aliphatic rings. The van der Waals surface area contributed by atoms with Crippen molar-refractivity contribution in [2.45, 2.75) is 12.5 Å². The van der Waals surface area contributed by atoms with Crippen LogP contribution < -0.4 is 10.5 Å². The van der Waals surface area contributed by atoms with Gasteiger partial charge in [0.1, 0.15) is 5.75 Å². The number of aliphatic hydroxyl groups excluding tert-OH is 1. The summed E-state index contributed by atoms with van der Waals surface area (Å²) < 4.78 is 5.18. The number of hydrogen-bond donors (Lipinski definition) is 3. The zero-order valence-corrected chi connectivity index (χ0v) is 10.5. The quantitative estimate of drug-likeness (QED) is 0.783. The molecule has 0 amide bonds. The molecule has 0 saturated heterocycles. The van der Waals surface area contributed by atoms with Gasteiger partial charge in [-0.15, -0.1) is 12.4 Å². The Hall–Kier alpha value is -1.23. The van der Waals surface area contributed by atoms with Gasteiger partial charge in [0.25, 0.3) is 0 Å². The number of halogens is 1. The maximum absolute atomic E-state index is 8.89. The molecule has 1 atom stereocenters. The van der Waals surface area contributed by atoms with E-state index in [1.807, 2.05) is 24.4 Å². The number of H-pyrrole nitrogens is 1. The van der Waals surface area contributed by atoms with Crippen LogP contribution in [-0.2, 0) is 0 Å². The van der Waals surface area contributed by atoms with Crippen LogP contribution in [0, 0.1) is 0 Å². The summed E-state index contributed by atoms with van der Waals surface area (Å²) in [4.78, 5) is 3.16. The van der Waals surface area contributed by atoms with Crippen molar-refractivity contribution >= 4 is 23.3 Å². The van der Waals surface area contributed by atoms with E-state index >= 15 is 0 Å². The maximum Gasteiger partial charge on any atom is 0.119 e. The summed E-state index contributed by atoms with van der Waals surface area (Å²) in [7, 11) is 1.64. The van der Waals surface area contributed by atoms with Gasteiger partial charge in [0.15, 0.2) is 0 Å². The number of nitrogens with one attached hydrogen (secondary N) is 1. The molecule has 4 nitrogen and oxygen atoms in total. The lowest BCUT2D eigenvalue weighted by atomic mass is 10.0. The summed E-state index contributed by atoms with van der Waals surface area (Å²) in [6.45, 7) is 0.0950. The number of benzene rings is 1. The van der Waals surface area contributed by atoms with Crippen LogP contribution in [0.2, 0.25) is 0 Å². The molecular formula is C12H17ClN2O2. The smallest absolute Gasteiger partial charge is 0.119 e. The fourth-order valence-electron chi connectivity index (χ4n) is 1.85. The average molecular weight is 257 g/mol. The number of fused-ring (bicyclic) bond motifs is 1. The summed E-state index contributed by atoms with van der Waals surface area (Å²) >= 11 is 0. The van der Waals surface area contributed by atoms with Gasteiger partial charge in [-0.1, -0.05) is 0 Å². The molecule has 2 rings (SSSR count). The lowest BCUT2D eigenvalue weighted by Crippen LogP contribution is -2.11. The number of rotatable bonds is 4. The van der Waals surface area contributed by atoms with Crippen molar-refractivity contribution in [3.63, 3.8) is 0 Å². The van der Waals surface area contributed by atoms with Crippen molar-refractivity contribution in [1.29, 1.82) is 0 Å². The van der Waals surface area contributed by atoms with Gasteiger partial charge in [0.05, 0.1) is 7.11 Å². The first-order chi connectivity index (χ1) is 7.76. The summed E-state index contributed by atoms with van der Waals surface area (Å²) in [5.74, 6) is 0.810. The molecule has 94 valence electrons. The van der Waals surface area contributed by atoms with Gasteiger partial charge >= 0.3 is 0 Å². The van der Waals surface area contributed by atoms with Gasteiger partial charge in [0.2, 0.25) is 0 Å². The Balaban J connectivity index is 0.00000144. The third kappa shape index (κ3) is 2.72. The van der Waals surface area contributed by atoms with Crippen LogP contribution >= 0.6 is 12.4 Å². The van der Waals surface area contributed by atoms with Crippen LogP contribution in [0.4, 0.5) is 0 Å². The molecule has 1 aromatic heterocycles. The number of ether oxygens (including phenoxy) is 1. The Morgan fingerprint density at radius 2 is 2.24 bits per heavy atom. The molecule has 0 bridgehead atoms. The molecule has 1 unspecified atom stereocenters. The summed E-state index contributed by atoms with van der Waals surface area (Å²) in [6, 6.07) is 5.67. The van der Waals surface area contributed by atoms with Gasteiger partial charge in [-0.05, 0) is 30.2 Å². The fourth-order valence-corrected chi connectivity index (χ4v) is 1.85. The maximum atomic E-state index is 8.89. The van der Waals surface area contributed by atoms with E-state index in [2.05, 4.69) is 4.98 Å². The second kappa shape index (κ2) is 5.91. The number of aromatic amines is 1. The monoisotopic (exact) mass is 256 g/mol. The lowest BCUT2D eigenvalue weighted by Gasteiger charge is -2.08. The van der Waals surface area contributed by atoms with Crippen molar-refractivity contribution in [1.82, 2.24) is 4.98 Å². The molecule has 1 aromatic carbocycles. The van der Waals surface area contributed by atoms with Gasteiger partial charge in [0, 0.05) is 29.7 Å². The SMILES string of the molecule is COc1ccc2[nH]cc(C(N)CCO)c2c1.Cl. The van der Waals surface area contributed by atoms with E-state index in [1.54, 1.807) is 7.11 Å². The third-order valence-electron chi connectivity index (χ3n) is 2.76. The van der Waals surface area contributed by atoms with E-state index < -0.39 is 0 Å². The van der Waals surface area contributed by atoms with E-state index in [-0.39, 0.29) is 25.1 Å². The van der Waals surface area contributed by atoms with E-state index in [1.165, 1.54) is 0 Å². The number of hydrogen-bond acceptors (Lipinski definition) is 3. The number of methoxy groups -OCH3 is 1. The van der Waals surface area contributed by atoms with Crippen LogP contribution in [-0.4, -0.2) is 23.8 Å². The topological polar surface area (TPSA) is 71.3 Å². The van der Waals surface area contributed by atoms with Crippen LogP contribution in [0.5, 0.6) is 5.75 Å². The normalized spacial score (nSPS) is 12.2. The van der Waals surface area contributed by atoms with Gasteiger partial charge in [-0.2, -0.15) is 0 Å². The number of aromatic nitrogens is 1. The molecule has 0 fully saturated rings. The zero-order valence-electron chi connectivity index (χ0n) is 9.64. The molecule has 5 heteroatoms. The van der Waals surface area contributed by atoms with Crippen LogP contribution in [0.3, 0.4) is 0 Å². The van der Waals surface area contributed by atoms with Crippen LogP contribution in [0.25, 0.3) is 10.9 Å². The number of nitrogens with two attached hydrogens (primary N) is 1. The molecule has 0 aliphatic heterocycles. The molecule has 17 heavy (non-hydrogen) atoms. The Kier molecular flexibility index (Phi) is 4.81. The van der Waals surface area contributed by atoms with E-state index in [0.717, 1.165) is 22.2 Å². The molecule has 1 heterocycles. The second-order valence-electron chi connectivity index (χ2n) is 3.77. The van der Waals surface area contributed by atoms with Crippen LogP contribution in [0.1, 0.15) is 18.0 Å². The Labute approximate surface area is 106 Å². The minimum Gasteiger partial charge on any atom is -0.497 e. The highest BCUT2D eigenvalue weighted by atomic mass is 35.5. The first-order valence-electron chi connectivity index (χ1n) is 5.27. The zero-order chi connectivity index (χ0) is 11.5. The molecule has 2 aromatic rings. The minimum absolute atomic E-state index is 0. The molecule has 0 aliphatic carbocycles. The Morgan fingerprint density at radius 3 is 2.88 bits per heavy atom. The highest BCUT2D eigenvalue weighted by Gasteiger charge is 2.11. The van der Waals surface area contributed by atoms with Crippen molar-refractivity contribution in [2.24, 2.45) is 5.73 Å². The molecular weight excluding hydrogens is 240 g/mol. The largest absolute Gasteiger partial charge is 0.497 e. The standard InChI is InChI=1S/C12H16N2O2.ClH/c1-16-8-2-3-12-9(6-8)10(7-14-12)11(13)4-5-15;/h2-3,6-7,11,14-15H,4-5,13H2,1H3;1H. The van der Waals surface area contributed by atoms with Crippen molar-refractivity contribution in [3.8, 4) is 5.75 Å². The summed E-state index contributed by atoms with van der Waals surface area (Å²) in [6.07, 6.45) is 2.45. The predicted molar refractivity (Wildman–Crippen MR) is 70.7 cm³/mol. The summed E-state index contributed by atoms with van der Waals surface area (Å²) in [5.41, 5.74) is 8.04. The first kappa shape index (κ1) is 13.8. The van der Waals surface area contributed by atoms with E-state index in [4.69, 9.17) is 15.6 Å².